The molecule has 106 valence electrons. The van der Waals surface area contributed by atoms with Gasteiger partial charge in [0.05, 0.1) is 0 Å². The van der Waals surface area contributed by atoms with Crippen LogP contribution in [-0.4, -0.2) is 37.4 Å². The van der Waals surface area contributed by atoms with Gasteiger partial charge in [0.25, 0.3) is 0 Å². The second kappa shape index (κ2) is 5.88. The maximum atomic E-state index is 12.4. The standard InChI is InChI=1S/C11H19F3N2O2/c1-10(15,11(12,13)14)9(17)16-5-2-6-18-7-8-3-4-8/h8H,2-7,15H2,1H3,(H,16,17). The van der Waals surface area contributed by atoms with E-state index < -0.39 is 17.6 Å². The SMILES string of the molecule is CC(N)(C(=O)NCCCOCC1CC1)C(F)(F)F. The lowest BCUT2D eigenvalue weighted by Crippen LogP contribution is -2.61. The Balaban J connectivity index is 2.11. The smallest absolute Gasteiger partial charge is 0.381 e. The van der Waals surface area contributed by atoms with Gasteiger partial charge < -0.3 is 15.8 Å². The van der Waals surface area contributed by atoms with E-state index in [0.717, 1.165) is 0 Å². The number of hydrogen-bond acceptors (Lipinski definition) is 3. The Bertz CT molecular complexity index is 289. The Morgan fingerprint density at radius 3 is 2.56 bits per heavy atom. The Morgan fingerprint density at radius 2 is 2.06 bits per heavy atom. The van der Waals surface area contributed by atoms with Gasteiger partial charge in [0.2, 0.25) is 5.91 Å². The van der Waals surface area contributed by atoms with Crippen LogP contribution in [0.15, 0.2) is 0 Å². The summed E-state index contributed by atoms with van der Waals surface area (Å²) in [5.41, 5.74) is 2.11. The van der Waals surface area contributed by atoms with Crippen LogP contribution in [0, 0.1) is 5.92 Å². The van der Waals surface area contributed by atoms with Crippen LogP contribution >= 0.6 is 0 Å². The van der Waals surface area contributed by atoms with Gasteiger partial charge in [-0.15, -0.1) is 0 Å². The van der Waals surface area contributed by atoms with Crippen LogP contribution in [0.1, 0.15) is 26.2 Å². The van der Waals surface area contributed by atoms with Crippen LogP contribution in [0.3, 0.4) is 0 Å². The second-order valence-electron chi connectivity index (χ2n) is 4.83. The number of nitrogens with two attached hydrogens (primary N) is 1. The van der Waals surface area contributed by atoms with E-state index in [4.69, 9.17) is 10.5 Å². The molecule has 0 spiro atoms. The van der Waals surface area contributed by atoms with E-state index in [1.54, 1.807) is 0 Å². The first-order valence-corrected chi connectivity index (χ1v) is 5.97. The minimum Gasteiger partial charge on any atom is -0.381 e. The fraction of sp³-hybridized carbons (Fsp3) is 0.909. The average molecular weight is 268 g/mol. The summed E-state index contributed by atoms with van der Waals surface area (Å²) in [6.07, 6.45) is -1.90. The highest BCUT2D eigenvalue weighted by Crippen LogP contribution is 2.29. The number of alkyl halides is 3. The van der Waals surface area contributed by atoms with E-state index in [1.807, 2.05) is 0 Å². The molecular formula is C11H19F3N2O2. The second-order valence-corrected chi connectivity index (χ2v) is 4.83. The summed E-state index contributed by atoms with van der Waals surface area (Å²) in [5.74, 6) is -0.561. The van der Waals surface area contributed by atoms with Gasteiger partial charge in [0.1, 0.15) is 0 Å². The zero-order valence-corrected chi connectivity index (χ0v) is 10.3. The van der Waals surface area contributed by atoms with Crippen LogP contribution in [0.2, 0.25) is 0 Å². The van der Waals surface area contributed by atoms with Crippen LogP contribution in [0.5, 0.6) is 0 Å². The predicted molar refractivity (Wildman–Crippen MR) is 59.8 cm³/mol. The molecule has 1 aliphatic rings. The molecule has 4 nitrogen and oxygen atoms in total. The summed E-state index contributed by atoms with van der Waals surface area (Å²) in [4.78, 5) is 11.3. The van der Waals surface area contributed by atoms with Gasteiger partial charge in [-0.1, -0.05) is 0 Å². The number of amides is 1. The normalized spacial score (nSPS) is 19.4. The van der Waals surface area contributed by atoms with Gasteiger partial charge in [-0.25, -0.2) is 0 Å². The highest BCUT2D eigenvalue weighted by molar-refractivity contribution is 5.86. The van der Waals surface area contributed by atoms with Crippen molar-refractivity contribution in [2.24, 2.45) is 11.7 Å². The minimum absolute atomic E-state index is 0.131. The van der Waals surface area contributed by atoms with Crippen LogP contribution < -0.4 is 11.1 Å². The third-order valence-corrected chi connectivity index (χ3v) is 2.86. The summed E-state index contributed by atoms with van der Waals surface area (Å²) >= 11 is 0. The van der Waals surface area contributed by atoms with Crippen molar-refractivity contribution in [3.05, 3.63) is 0 Å². The maximum absolute atomic E-state index is 12.4. The number of halogens is 3. The molecule has 0 aromatic carbocycles. The maximum Gasteiger partial charge on any atom is 0.415 e. The summed E-state index contributed by atoms with van der Waals surface area (Å²) < 4.78 is 42.5. The van der Waals surface area contributed by atoms with Crippen molar-refractivity contribution in [2.75, 3.05) is 19.8 Å². The molecule has 7 heteroatoms. The molecule has 1 amide bonds. The van der Waals surface area contributed by atoms with E-state index in [9.17, 15) is 18.0 Å². The molecule has 1 unspecified atom stereocenters. The van der Waals surface area contributed by atoms with E-state index in [2.05, 4.69) is 5.32 Å². The molecule has 1 rings (SSSR count). The quantitative estimate of drug-likeness (QED) is 0.682. The monoisotopic (exact) mass is 268 g/mol. The van der Waals surface area contributed by atoms with Crippen molar-refractivity contribution in [3.8, 4) is 0 Å². The molecule has 0 saturated heterocycles. The summed E-state index contributed by atoms with van der Waals surface area (Å²) in [6, 6.07) is 0. The van der Waals surface area contributed by atoms with Gasteiger partial charge in [0, 0.05) is 19.8 Å². The van der Waals surface area contributed by atoms with Gasteiger partial charge in [-0.3, -0.25) is 4.79 Å². The molecular weight excluding hydrogens is 249 g/mol. The third-order valence-electron chi connectivity index (χ3n) is 2.86. The molecule has 0 radical (unpaired) electrons. The molecule has 1 fully saturated rings. The third kappa shape index (κ3) is 4.45. The molecule has 3 N–H and O–H groups in total. The van der Waals surface area contributed by atoms with Gasteiger partial charge in [0.15, 0.2) is 5.54 Å². The van der Waals surface area contributed by atoms with Crippen molar-refractivity contribution in [1.29, 1.82) is 0 Å². The summed E-state index contributed by atoms with van der Waals surface area (Å²) in [7, 11) is 0. The topological polar surface area (TPSA) is 64.4 Å². The first-order chi connectivity index (χ1) is 8.25. The Morgan fingerprint density at radius 1 is 1.44 bits per heavy atom. The van der Waals surface area contributed by atoms with Gasteiger partial charge in [-0.2, -0.15) is 13.2 Å². The number of carbonyl (C=O) groups excluding carboxylic acids is 1. The van der Waals surface area contributed by atoms with Crippen molar-refractivity contribution in [3.63, 3.8) is 0 Å². The fourth-order valence-electron chi connectivity index (χ4n) is 1.22. The zero-order valence-electron chi connectivity index (χ0n) is 10.3. The Kier molecular flexibility index (Phi) is 4.98. The molecule has 0 aromatic heterocycles. The molecule has 0 aliphatic heterocycles. The predicted octanol–water partition coefficient (Wildman–Crippen LogP) is 1.20. The Hall–Kier alpha value is -0.820. The van der Waals surface area contributed by atoms with Crippen molar-refractivity contribution in [2.45, 2.75) is 37.9 Å². The molecule has 18 heavy (non-hydrogen) atoms. The van der Waals surface area contributed by atoms with E-state index in [0.29, 0.717) is 32.5 Å². The largest absolute Gasteiger partial charge is 0.415 e. The molecule has 0 heterocycles. The lowest BCUT2D eigenvalue weighted by atomic mass is 10.0. The molecule has 0 aromatic rings. The fourth-order valence-corrected chi connectivity index (χ4v) is 1.22. The van der Waals surface area contributed by atoms with Crippen LogP contribution in [-0.2, 0) is 9.53 Å². The molecule has 0 bridgehead atoms. The first-order valence-electron chi connectivity index (χ1n) is 5.97. The summed E-state index contributed by atoms with van der Waals surface area (Å²) in [5, 5.41) is 2.17. The number of nitrogens with one attached hydrogen (secondary N) is 1. The summed E-state index contributed by atoms with van der Waals surface area (Å²) in [6.45, 7) is 1.92. The number of hydrogen-bond donors (Lipinski definition) is 2. The number of rotatable bonds is 7. The van der Waals surface area contributed by atoms with E-state index in [-0.39, 0.29) is 6.54 Å². The molecule has 1 atom stereocenters. The molecule has 1 saturated carbocycles. The van der Waals surface area contributed by atoms with Crippen molar-refractivity contribution >= 4 is 5.91 Å². The minimum atomic E-state index is -4.75. The lowest BCUT2D eigenvalue weighted by molar-refractivity contribution is -0.187. The highest BCUT2D eigenvalue weighted by atomic mass is 19.4. The lowest BCUT2D eigenvalue weighted by Gasteiger charge is -2.26. The van der Waals surface area contributed by atoms with Crippen molar-refractivity contribution in [1.82, 2.24) is 5.32 Å². The highest BCUT2D eigenvalue weighted by Gasteiger charge is 2.53. The van der Waals surface area contributed by atoms with E-state index in [1.165, 1.54) is 12.8 Å². The van der Waals surface area contributed by atoms with E-state index >= 15 is 0 Å². The number of carbonyl (C=O) groups is 1. The number of ether oxygens (including phenoxy) is 1. The van der Waals surface area contributed by atoms with Crippen LogP contribution in [0.4, 0.5) is 13.2 Å². The van der Waals surface area contributed by atoms with Gasteiger partial charge >= 0.3 is 6.18 Å². The zero-order chi connectivity index (χ0) is 13.8. The average Bonchev–Trinajstić information content (AvgIpc) is 3.04. The molecule has 1 aliphatic carbocycles. The first kappa shape index (κ1) is 15.2. The van der Waals surface area contributed by atoms with Crippen molar-refractivity contribution < 1.29 is 22.7 Å². The van der Waals surface area contributed by atoms with Gasteiger partial charge in [-0.05, 0) is 32.1 Å². The van der Waals surface area contributed by atoms with Crippen LogP contribution in [0.25, 0.3) is 0 Å². The Labute approximate surface area is 104 Å².